The number of rotatable bonds is 14. The summed E-state index contributed by atoms with van der Waals surface area (Å²) in [6, 6.07) is 44.5. The Morgan fingerprint density at radius 2 is 0.702 bits per heavy atom. The number of pyridine rings is 1. The molecule has 19 rings (SSSR count). The van der Waals surface area contributed by atoms with Gasteiger partial charge < -0.3 is 64.1 Å². The van der Waals surface area contributed by atoms with Crippen LogP contribution in [0, 0.1) is 0 Å². The van der Waals surface area contributed by atoms with Crippen LogP contribution >= 0.6 is 58.0 Å². The molecule has 0 saturated carbocycles. The molecule has 16 N–H and O–H groups in total. The maximum Gasteiger partial charge on any atom is 0.256 e. The number of nitrogens with zero attached hydrogens (tertiary/aromatic N) is 17. The minimum Gasteiger partial charge on any atom is -0.383 e. The third-order valence-electron chi connectivity index (χ3n) is 21.5. The number of aromatic nitrogens is 21. The van der Waals surface area contributed by atoms with Gasteiger partial charge in [-0.3, -0.25) is 19.2 Å². The average Bonchev–Trinajstić information content (AvgIpc) is 1.60. The highest BCUT2D eigenvalue weighted by Crippen LogP contribution is 2.46. The van der Waals surface area contributed by atoms with E-state index in [9.17, 15) is 19.2 Å². The molecule has 0 aliphatic rings. The molecule has 0 radical (unpaired) electrons. The number of H-pyrrole nitrogens is 4. The first-order chi connectivity index (χ1) is 62.3. The number of aromatic amines is 4. The Morgan fingerprint density at radius 3 is 1.05 bits per heavy atom. The van der Waals surface area contributed by atoms with E-state index < -0.39 is 0 Å². The second-order valence-electron chi connectivity index (χ2n) is 34.9. The maximum absolute atomic E-state index is 12.8. The number of nitrogens with two attached hydrogens (primary N) is 4. The summed E-state index contributed by atoms with van der Waals surface area (Å²) < 4.78 is 7.24. The lowest BCUT2D eigenvalue weighted by Gasteiger charge is -2.19. The molecule has 38 heteroatoms. The van der Waals surface area contributed by atoms with Gasteiger partial charge in [0.1, 0.15) is 77.2 Å². The van der Waals surface area contributed by atoms with E-state index in [1.165, 1.54) is 30.9 Å². The van der Waals surface area contributed by atoms with Crippen LogP contribution in [-0.2, 0) is 35.1 Å². The summed E-state index contributed by atoms with van der Waals surface area (Å²) in [5.74, 6) is 0.873. The highest BCUT2D eigenvalue weighted by atomic mass is 35.5. The Kier molecular flexibility index (Phi) is 24.3. The van der Waals surface area contributed by atoms with Gasteiger partial charge in [0.15, 0.2) is 22.6 Å². The molecule has 0 bridgehead atoms. The number of fused-ring (bicyclic) bond motifs is 8. The van der Waals surface area contributed by atoms with Crippen LogP contribution in [0.25, 0.3) is 133 Å². The summed E-state index contributed by atoms with van der Waals surface area (Å²) >= 11 is 33.3. The van der Waals surface area contributed by atoms with Crippen molar-refractivity contribution >= 4 is 198 Å². The minimum absolute atomic E-state index is 0.143. The molecule has 19 aromatic rings. The first-order valence-corrected chi connectivity index (χ1v) is 43.3. The first kappa shape index (κ1) is 89.7. The van der Waals surface area contributed by atoms with Gasteiger partial charge in [-0.25, -0.2) is 63.6 Å². The van der Waals surface area contributed by atoms with Crippen LogP contribution in [-0.4, -0.2) is 141 Å². The van der Waals surface area contributed by atoms with Crippen LogP contribution in [0.4, 0.5) is 29.1 Å². The zero-order valence-corrected chi connectivity index (χ0v) is 77.1. The Bertz CT molecular complexity index is 7680. The van der Waals surface area contributed by atoms with Crippen molar-refractivity contribution in [3.05, 3.63) is 236 Å². The number of halogens is 5. The summed E-state index contributed by atoms with van der Waals surface area (Å²) in [6.07, 6.45) is 8.07. The van der Waals surface area contributed by atoms with E-state index in [2.05, 4.69) is 86.1 Å². The van der Waals surface area contributed by atoms with E-state index in [-0.39, 0.29) is 45.8 Å². The molecule has 0 saturated heterocycles. The Morgan fingerprint density at radius 1 is 0.366 bits per heavy atom. The normalized spacial score (nSPS) is 11.9. The summed E-state index contributed by atoms with van der Waals surface area (Å²) in [5.41, 5.74) is 37.5. The molecule has 0 aliphatic heterocycles. The largest absolute Gasteiger partial charge is 0.383 e. The molecular formula is C93H90Cl5N29O4. The molecule has 33 nitrogen and oxygen atoms in total. The highest BCUT2D eigenvalue weighted by molar-refractivity contribution is 6.42. The number of hydrogen-bond donors (Lipinski definition) is 12. The number of benzene rings is 6. The van der Waals surface area contributed by atoms with E-state index >= 15 is 0 Å². The van der Waals surface area contributed by atoms with E-state index in [0.717, 1.165) is 39.2 Å². The van der Waals surface area contributed by atoms with Crippen molar-refractivity contribution in [1.82, 2.24) is 120 Å². The van der Waals surface area contributed by atoms with Crippen molar-refractivity contribution in [1.29, 1.82) is 0 Å². The van der Waals surface area contributed by atoms with Gasteiger partial charge in [-0.2, -0.15) is 20.4 Å². The number of hydrogen-bond acceptors (Lipinski definition) is 21. The van der Waals surface area contributed by atoms with Crippen LogP contribution in [0.15, 0.2) is 177 Å². The molecule has 13 heterocycles. The predicted molar refractivity (Wildman–Crippen MR) is 519 cm³/mol. The fourth-order valence-corrected chi connectivity index (χ4v) is 16.5. The van der Waals surface area contributed by atoms with Crippen LogP contribution in [0.1, 0.15) is 136 Å². The molecule has 0 unspecified atom stereocenters. The zero-order chi connectivity index (χ0) is 93.2. The molecule has 0 atom stereocenters. The van der Waals surface area contributed by atoms with Crippen molar-refractivity contribution < 1.29 is 19.2 Å². The molecule has 0 fully saturated rings. The third kappa shape index (κ3) is 17.7. The van der Waals surface area contributed by atoms with Gasteiger partial charge in [-0.15, -0.1) is 0 Å². The molecule has 131 heavy (non-hydrogen) atoms. The lowest BCUT2D eigenvalue weighted by atomic mass is 10.1. The van der Waals surface area contributed by atoms with E-state index in [1.54, 1.807) is 90.7 Å². The fraction of sp³-hybridized carbons (Fsp3) is 0.215. The van der Waals surface area contributed by atoms with Crippen molar-refractivity contribution in [2.75, 3.05) is 41.8 Å². The SMILES string of the molecule is CC(C)(C)n1nc(-c2[nH]c3cc(C(=O)NCCc4ccccc4)ccc3c2Cl)c2c(N)ncnc21.CC(C)(C)n1nc(-c2[nH]c3cc(C(=O)NCc4ccccc4)ccc3c2Cl)c2c(N)ncnc21.CC(C)(C)n1nc(-c2[nH]c3cc(C(=O)Nc4ccccn4)ccc3c2Cl)c2c(N)ncnc21.CNC(=O)c1cc2[nH]c(-c3nn(C(C)(C)C)c4ncnc(N)c34)c(Cl)c2cc1Cl. The van der Waals surface area contributed by atoms with Gasteiger partial charge in [0.25, 0.3) is 23.6 Å². The smallest absolute Gasteiger partial charge is 0.256 e. The average molecular weight is 1860 g/mol. The van der Waals surface area contributed by atoms with Crippen molar-refractivity contribution in [2.24, 2.45) is 0 Å². The number of nitrogens with one attached hydrogen (secondary N) is 8. The fourth-order valence-electron chi connectivity index (χ4n) is 15.1. The number of carbonyl (C=O) groups is 4. The summed E-state index contributed by atoms with van der Waals surface area (Å²) in [6.45, 7) is 25.4. The lowest BCUT2D eigenvalue weighted by Crippen LogP contribution is -2.25. The van der Waals surface area contributed by atoms with E-state index in [1.807, 2.05) is 170 Å². The monoisotopic (exact) mass is 1850 g/mol. The molecule has 0 aliphatic carbocycles. The van der Waals surface area contributed by atoms with Gasteiger partial charge in [0.05, 0.1) is 97.2 Å². The summed E-state index contributed by atoms with van der Waals surface area (Å²) in [7, 11) is 1.55. The Labute approximate surface area is 773 Å². The Hall–Kier alpha value is -14.6. The van der Waals surface area contributed by atoms with E-state index in [0.29, 0.717) is 196 Å². The first-order valence-electron chi connectivity index (χ1n) is 41.4. The molecule has 666 valence electrons. The number of nitrogen functional groups attached to an aromatic ring is 4. The molecule has 0 spiro atoms. The summed E-state index contributed by atoms with van der Waals surface area (Å²) in [4.78, 5) is 102. The van der Waals surface area contributed by atoms with Crippen LogP contribution < -0.4 is 44.2 Å². The van der Waals surface area contributed by atoms with Gasteiger partial charge in [-0.05, 0) is 161 Å². The van der Waals surface area contributed by atoms with E-state index in [4.69, 9.17) is 101 Å². The van der Waals surface area contributed by atoms with Crippen LogP contribution in [0.5, 0.6) is 0 Å². The number of amides is 4. The Balaban J connectivity index is 0.000000128. The van der Waals surface area contributed by atoms with Crippen molar-refractivity contribution in [3.8, 4) is 45.6 Å². The predicted octanol–water partition coefficient (Wildman–Crippen LogP) is 18.4. The molecule has 4 amide bonds. The van der Waals surface area contributed by atoms with Crippen LogP contribution in [0.3, 0.4) is 0 Å². The molecular weight excluding hydrogens is 1760 g/mol. The highest BCUT2D eigenvalue weighted by Gasteiger charge is 2.33. The third-order valence-corrected chi connectivity index (χ3v) is 23.4. The standard InChI is InChI=1S/C26H26ClN7O.C25H24ClN7O.C23H21ClN8O.C19H19Cl2N7O/c1-26(2,3)34-24-19(23(28)30-14-31-24)21(33-34)22-20(27)17-10-9-16(13-18(17)32-22)25(35)29-12-11-15-7-5-4-6-8-15;1-25(2,3)33-23-18(22(27)29-13-30-23)20(32-33)21-19(26)16-10-9-15(11-17(16)31-21)24(34)28-12-14-7-5-4-6-8-14;1-23(2,3)32-21-16(20(25)27-11-28-21)18(31-32)19-17(24)13-8-7-12(10-14(13)29-19)22(33)30-15-6-4-5-9-26-15;1-19(2,3)28-17-12(16(22)24-7-25-17)14(27-28)15-13(21)9-5-10(20)8(18(29)23-4)6-11(9)26-15/h4-10,13-14,32H,11-12H2,1-3H3,(H,29,35)(H2,28,30,31);4-11,13,31H,12H2,1-3H3,(H,28,34)(H2,27,29,30);4-11,29H,1-3H3,(H2,25,27,28)(H,26,30,33);5-7,26H,1-4H3,(H,23,29)(H2,22,24,25). The topological polar surface area (TPSA) is 471 Å². The molecule has 13 aromatic heterocycles. The maximum atomic E-state index is 12.8. The second-order valence-corrected chi connectivity index (χ2v) is 36.8. The van der Waals surface area contributed by atoms with Crippen molar-refractivity contribution in [3.63, 3.8) is 0 Å². The second kappa shape index (κ2) is 35.4. The molecule has 6 aromatic carbocycles. The quantitative estimate of drug-likeness (QED) is 0.0481. The summed E-state index contributed by atoms with van der Waals surface area (Å²) in [5, 5.41) is 38.1. The minimum atomic E-state index is -0.342. The van der Waals surface area contributed by atoms with Gasteiger partial charge in [0, 0.05) is 86.6 Å². The number of anilines is 5. The van der Waals surface area contributed by atoms with Crippen LogP contribution in [0.2, 0.25) is 25.1 Å². The lowest BCUT2D eigenvalue weighted by molar-refractivity contribution is 0.0944. The van der Waals surface area contributed by atoms with Gasteiger partial charge in [-0.1, -0.05) is 143 Å². The van der Waals surface area contributed by atoms with Crippen molar-refractivity contribution in [2.45, 2.75) is 118 Å². The zero-order valence-electron chi connectivity index (χ0n) is 73.3. The van der Waals surface area contributed by atoms with Gasteiger partial charge >= 0.3 is 0 Å². The van der Waals surface area contributed by atoms with Gasteiger partial charge in [0.2, 0.25) is 0 Å². The number of carbonyl (C=O) groups excluding carboxylic acids is 4.